The largest absolute Gasteiger partial charge is 0.474 e. The Hall–Kier alpha value is -1.36. The molecule has 0 N–H and O–H groups in total. The zero-order valence-corrected chi connectivity index (χ0v) is 9.18. The van der Waals surface area contributed by atoms with Crippen molar-refractivity contribution in [3.05, 3.63) is 11.8 Å². The third kappa shape index (κ3) is 1.95. The molecule has 1 saturated heterocycles. The van der Waals surface area contributed by atoms with Crippen LogP contribution in [0.15, 0.2) is 6.07 Å². The number of rotatable bonds is 4. The minimum Gasteiger partial charge on any atom is -0.474 e. The number of carbonyl (C=O) groups excluding carboxylic acids is 1. The van der Waals surface area contributed by atoms with E-state index in [1.807, 2.05) is 6.07 Å². The van der Waals surface area contributed by atoms with E-state index in [2.05, 4.69) is 5.10 Å². The van der Waals surface area contributed by atoms with Gasteiger partial charge in [-0.1, -0.05) is 0 Å². The Balaban J connectivity index is 1.76. The minimum absolute atomic E-state index is 0.0561. The van der Waals surface area contributed by atoms with Crippen molar-refractivity contribution in [1.82, 2.24) is 9.78 Å². The first-order valence-corrected chi connectivity index (χ1v) is 5.59. The lowest BCUT2D eigenvalue weighted by atomic mass is 10.3. The Morgan fingerprint density at radius 2 is 2.44 bits per heavy atom. The summed E-state index contributed by atoms with van der Waals surface area (Å²) in [5.41, 5.74) is 0.985. The van der Waals surface area contributed by atoms with E-state index in [0.717, 1.165) is 25.1 Å². The van der Waals surface area contributed by atoms with Gasteiger partial charge in [-0.05, 0) is 12.8 Å². The molecule has 1 aliphatic heterocycles. The van der Waals surface area contributed by atoms with E-state index in [0.29, 0.717) is 18.4 Å². The van der Waals surface area contributed by atoms with E-state index < -0.39 is 0 Å². The van der Waals surface area contributed by atoms with Crippen LogP contribution in [0.4, 0.5) is 0 Å². The lowest BCUT2D eigenvalue weighted by molar-refractivity contribution is 0.0915. The monoisotopic (exact) mass is 222 g/mol. The SMILES string of the molecule is CC(=O)n1nc(OC[C@@H]2CO2)cc1C1CC1. The first-order valence-electron chi connectivity index (χ1n) is 5.59. The molecular formula is C11H14N2O3. The highest BCUT2D eigenvalue weighted by Crippen LogP contribution is 2.41. The van der Waals surface area contributed by atoms with Gasteiger partial charge < -0.3 is 9.47 Å². The van der Waals surface area contributed by atoms with Crippen molar-refractivity contribution in [2.75, 3.05) is 13.2 Å². The summed E-state index contributed by atoms with van der Waals surface area (Å²) < 4.78 is 12.0. The zero-order chi connectivity index (χ0) is 11.1. The number of epoxide rings is 1. The molecule has 5 heteroatoms. The standard InChI is InChI=1S/C11H14N2O3/c1-7(14)13-10(8-2-3-8)4-11(12-13)16-6-9-5-15-9/h4,8-9H,2-3,5-6H2,1H3/t9-/m0/s1. The van der Waals surface area contributed by atoms with E-state index in [-0.39, 0.29) is 12.0 Å². The molecule has 5 nitrogen and oxygen atoms in total. The molecule has 0 spiro atoms. The van der Waals surface area contributed by atoms with Gasteiger partial charge >= 0.3 is 0 Å². The topological polar surface area (TPSA) is 56.7 Å². The Bertz CT molecular complexity index is 419. The first kappa shape index (κ1) is 9.84. The predicted octanol–water partition coefficient (Wildman–Crippen LogP) is 1.20. The molecule has 1 aliphatic carbocycles. The van der Waals surface area contributed by atoms with Crippen LogP contribution in [0.25, 0.3) is 0 Å². The molecule has 1 atom stereocenters. The van der Waals surface area contributed by atoms with Crippen LogP contribution < -0.4 is 4.74 Å². The second-order valence-electron chi connectivity index (χ2n) is 4.38. The van der Waals surface area contributed by atoms with Crippen LogP contribution in [-0.4, -0.2) is 35.0 Å². The third-order valence-corrected chi connectivity index (χ3v) is 2.83. The van der Waals surface area contributed by atoms with Crippen molar-refractivity contribution < 1.29 is 14.3 Å². The summed E-state index contributed by atoms with van der Waals surface area (Å²) in [7, 11) is 0. The molecule has 0 unspecified atom stereocenters. The number of carbonyl (C=O) groups is 1. The maximum atomic E-state index is 11.4. The molecule has 1 saturated carbocycles. The number of hydrogen-bond acceptors (Lipinski definition) is 4. The quantitative estimate of drug-likeness (QED) is 0.718. The molecule has 0 bridgehead atoms. The van der Waals surface area contributed by atoms with Crippen molar-refractivity contribution in [1.29, 1.82) is 0 Å². The fourth-order valence-electron chi connectivity index (χ4n) is 1.71. The summed E-state index contributed by atoms with van der Waals surface area (Å²) in [4.78, 5) is 11.4. The van der Waals surface area contributed by atoms with Crippen LogP contribution in [0, 0.1) is 0 Å². The molecule has 16 heavy (non-hydrogen) atoms. The van der Waals surface area contributed by atoms with Gasteiger partial charge in [-0.3, -0.25) is 4.79 Å². The average Bonchev–Trinajstić information content (AvgIpc) is 3.14. The number of nitrogens with zero attached hydrogens (tertiary/aromatic N) is 2. The van der Waals surface area contributed by atoms with Crippen molar-refractivity contribution in [2.24, 2.45) is 0 Å². The highest BCUT2D eigenvalue weighted by molar-refractivity contribution is 5.76. The summed E-state index contributed by atoms with van der Waals surface area (Å²) in [6.45, 7) is 2.81. The van der Waals surface area contributed by atoms with E-state index >= 15 is 0 Å². The summed E-state index contributed by atoms with van der Waals surface area (Å²) in [5.74, 6) is 0.970. The molecule has 0 radical (unpaired) electrons. The summed E-state index contributed by atoms with van der Waals surface area (Å²) in [6, 6.07) is 1.88. The Labute approximate surface area is 93.3 Å². The lowest BCUT2D eigenvalue weighted by Gasteiger charge is -1.99. The van der Waals surface area contributed by atoms with Crippen LogP contribution in [0.3, 0.4) is 0 Å². The Kier molecular flexibility index (Phi) is 2.21. The smallest absolute Gasteiger partial charge is 0.244 e. The summed E-state index contributed by atoms with van der Waals surface area (Å²) >= 11 is 0. The van der Waals surface area contributed by atoms with Gasteiger partial charge in [-0.2, -0.15) is 0 Å². The molecule has 86 valence electrons. The highest BCUT2D eigenvalue weighted by atomic mass is 16.6. The van der Waals surface area contributed by atoms with Crippen LogP contribution >= 0.6 is 0 Å². The average molecular weight is 222 g/mol. The van der Waals surface area contributed by atoms with Gasteiger partial charge in [0, 0.05) is 18.9 Å². The van der Waals surface area contributed by atoms with Crippen LogP contribution in [0.2, 0.25) is 0 Å². The van der Waals surface area contributed by atoms with E-state index in [4.69, 9.17) is 9.47 Å². The number of aromatic nitrogens is 2. The Morgan fingerprint density at radius 3 is 3.00 bits per heavy atom. The van der Waals surface area contributed by atoms with Crippen molar-refractivity contribution in [2.45, 2.75) is 31.8 Å². The molecule has 1 aromatic heterocycles. The molecule has 3 rings (SSSR count). The van der Waals surface area contributed by atoms with Gasteiger partial charge in [0.15, 0.2) is 0 Å². The van der Waals surface area contributed by atoms with Crippen LogP contribution in [-0.2, 0) is 4.74 Å². The third-order valence-electron chi connectivity index (χ3n) is 2.83. The fourth-order valence-corrected chi connectivity index (χ4v) is 1.71. The van der Waals surface area contributed by atoms with Crippen molar-refractivity contribution >= 4 is 5.91 Å². The fraction of sp³-hybridized carbons (Fsp3) is 0.636. The molecular weight excluding hydrogens is 208 g/mol. The van der Waals surface area contributed by atoms with Crippen LogP contribution in [0.1, 0.15) is 36.2 Å². The Morgan fingerprint density at radius 1 is 1.69 bits per heavy atom. The van der Waals surface area contributed by atoms with E-state index in [1.54, 1.807) is 0 Å². The van der Waals surface area contributed by atoms with Crippen molar-refractivity contribution in [3.63, 3.8) is 0 Å². The van der Waals surface area contributed by atoms with Gasteiger partial charge in [-0.25, -0.2) is 4.68 Å². The second-order valence-corrected chi connectivity index (χ2v) is 4.38. The van der Waals surface area contributed by atoms with E-state index in [9.17, 15) is 4.79 Å². The van der Waals surface area contributed by atoms with E-state index in [1.165, 1.54) is 11.6 Å². The maximum absolute atomic E-state index is 11.4. The molecule has 1 aromatic rings. The highest BCUT2D eigenvalue weighted by Gasteiger charge is 2.30. The normalized spacial score (nSPS) is 23.2. The first-order chi connectivity index (χ1) is 7.74. The molecule has 0 aromatic carbocycles. The lowest BCUT2D eigenvalue weighted by Crippen LogP contribution is -2.11. The minimum atomic E-state index is -0.0561. The number of hydrogen-bond donors (Lipinski definition) is 0. The second kappa shape index (κ2) is 3.59. The molecule has 2 heterocycles. The number of ether oxygens (including phenoxy) is 2. The molecule has 2 aliphatic rings. The van der Waals surface area contributed by atoms with Gasteiger partial charge in [-0.15, -0.1) is 5.10 Å². The maximum Gasteiger partial charge on any atom is 0.244 e. The van der Waals surface area contributed by atoms with Gasteiger partial charge in [0.25, 0.3) is 0 Å². The van der Waals surface area contributed by atoms with Crippen molar-refractivity contribution in [3.8, 4) is 5.88 Å². The van der Waals surface area contributed by atoms with Gasteiger partial charge in [0.05, 0.1) is 12.3 Å². The predicted molar refractivity (Wildman–Crippen MR) is 55.7 cm³/mol. The van der Waals surface area contributed by atoms with Crippen LogP contribution in [0.5, 0.6) is 5.88 Å². The summed E-state index contributed by atoms with van der Waals surface area (Å²) in [5, 5.41) is 4.16. The zero-order valence-electron chi connectivity index (χ0n) is 9.18. The molecule has 0 amide bonds. The van der Waals surface area contributed by atoms with Gasteiger partial charge in [0.2, 0.25) is 11.8 Å². The van der Waals surface area contributed by atoms with Gasteiger partial charge in [0.1, 0.15) is 12.7 Å². The molecule has 2 fully saturated rings. The summed E-state index contributed by atoms with van der Waals surface area (Å²) in [6.07, 6.45) is 2.50.